The third-order valence-corrected chi connectivity index (χ3v) is 4.70. The number of hydrogen-bond acceptors (Lipinski definition) is 3. The summed E-state index contributed by atoms with van der Waals surface area (Å²) in [5.74, 6) is 1.51. The van der Waals surface area contributed by atoms with E-state index in [4.69, 9.17) is 5.73 Å². The number of aliphatic hydroxyl groups is 1. The lowest BCUT2D eigenvalue weighted by Gasteiger charge is -2.21. The fraction of sp³-hybridized carbons (Fsp3) is 0.625. The number of aliphatic hydroxyl groups excluding tert-OH is 1. The SMILES string of the molecule is CCCSc1ccc(C(C)CC(O)C(N)CC)cc1. The molecule has 3 heteroatoms. The Morgan fingerprint density at radius 1 is 1.21 bits per heavy atom. The van der Waals surface area contributed by atoms with E-state index < -0.39 is 6.10 Å². The standard InChI is InChI=1S/C16H27NOS/c1-4-10-19-14-8-6-13(7-9-14)12(3)11-16(18)15(17)5-2/h6-9,12,15-16,18H,4-5,10-11,17H2,1-3H3. The first-order valence-electron chi connectivity index (χ1n) is 7.24. The van der Waals surface area contributed by atoms with Crippen LogP contribution in [0.15, 0.2) is 29.2 Å². The predicted molar refractivity (Wildman–Crippen MR) is 84.8 cm³/mol. The minimum atomic E-state index is -0.408. The van der Waals surface area contributed by atoms with Gasteiger partial charge in [0.05, 0.1) is 6.10 Å². The summed E-state index contributed by atoms with van der Waals surface area (Å²) in [5.41, 5.74) is 7.15. The zero-order valence-electron chi connectivity index (χ0n) is 12.3. The highest BCUT2D eigenvalue weighted by Crippen LogP contribution is 2.25. The van der Waals surface area contributed by atoms with Crippen LogP contribution in [0.1, 0.15) is 51.5 Å². The summed E-state index contributed by atoms with van der Waals surface area (Å²) in [6.07, 6.45) is 2.34. The molecular formula is C16H27NOS. The molecule has 0 bridgehead atoms. The lowest BCUT2D eigenvalue weighted by atomic mass is 9.92. The van der Waals surface area contributed by atoms with Crippen LogP contribution in [0.2, 0.25) is 0 Å². The van der Waals surface area contributed by atoms with E-state index in [1.54, 1.807) is 0 Å². The van der Waals surface area contributed by atoms with Crippen LogP contribution in [0.5, 0.6) is 0 Å². The van der Waals surface area contributed by atoms with Crippen molar-refractivity contribution in [3.8, 4) is 0 Å². The van der Waals surface area contributed by atoms with Crippen LogP contribution >= 0.6 is 11.8 Å². The van der Waals surface area contributed by atoms with Gasteiger partial charge in [0.25, 0.3) is 0 Å². The molecule has 0 heterocycles. The number of hydrogen-bond donors (Lipinski definition) is 2. The molecule has 108 valence electrons. The first-order valence-corrected chi connectivity index (χ1v) is 8.23. The summed E-state index contributed by atoms with van der Waals surface area (Å²) in [6, 6.07) is 8.60. The second kappa shape index (κ2) is 8.62. The van der Waals surface area contributed by atoms with E-state index in [1.165, 1.54) is 22.6 Å². The number of rotatable bonds is 8. The van der Waals surface area contributed by atoms with E-state index in [-0.39, 0.29) is 6.04 Å². The van der Waals surface area contributed by atoms with Crippen molar-refractivity contribution in [1.29, 1.82) is 0 Å². The van der Waals surface area contributed by atoms with Gasteiger partial charge in [0.1, 0.15) is 0 Å². The van der Waals surface area contributed by atoms with Crippen LogP contribution in [0, 0.1) is 0 Å². The van der Waals surface area contributed by atoms with E-state index in [1.807, 2.05) is 18.7 Å². The molecule has 0 amide bonds. The fourth-order valence-electron chi connectivity index (χ4n) is 2.06. The molecule has 0 saturated carbocycles. The lowest BCUT2D eigenvalue weighted by Crippen LogP contribution is -2.34. The first-order chi connectivity index (χ1) is 9.08. The van der Waals surface area contributed by atoms with Gasteiger partial charge in [-0.15, -0.1) is 11.8 Å². The van der Waals surface area contributed by atoms with Crippen molar-refractivity contribution in [3.05, 3.63) is 29.8 Å². The summed E-state index contributed by atoms with van der Waals surface area (Å²) in [4.78, 5) is 1.32. The minimum absolute atomic E-state index is 0.109. The van der Waals surface area contributed by atoms with Crippen LogP contribution in [0.3, 0.4) is 0 Å². The molecule has 3 N–H and O–H groups in total. The molecule has 0 saturated heterocycles. The van der Waals surface area contributed by atoms with E-state index in [2.05, 4.69) is 38.1 Å². The molecule has 0 spiro atoms. The van der Waals surface area contributed by atoms with Crippen LogP contribution in [-0.4, -0.2) is 23.0 Å². The predicted octanol–water partition coefficient (Wildman–Crippen LogP) is 3.78. The fourth-order valence-corrected chi connectivity index (χ4v) is 2.83. The maximum absolute atomic E-state index is 9.99. The van der Waals surface area contributed by atoms with E-state index in [9.17, 15) is 5.11 Å². The Hall–Kier alpha value is -0.510. The van der Waals surface area contributed by atoms with Crippen LogP contribution < -0.4 is 5.73 Å². The van der Waals surface area contributed by atoms with Crippen molar-refractivity contribution in [2.24, 2.45) is 5.73 Å². The average Bonchev–Trinajstić information content (AvgIpc) is 2.44. The summed E-state index contributed by atoms with van der Waals surface area (Å²) in [5, 5.41) is 9.99. The molecule has 0 aliphatic carbocycles. The van der Waals surface area contributed by atoms with Gasteiger partial charge in [-0.2, -0.15) is 0 Å². The Labute approximate surface area is 121 Å². The number of nitrogens with two attached hydrogens (primary N) is 1. The molecule has 19 heavy (non-hydrogen) atoms. The molecule has 0 aliphatic heterocycles. The van der Waals surface area contributed by atoms with Crippen molar-refractivity contribution in [2.75, 3.05) is 5.75 Å². The smallest absolute Gasteiger partial charge is 0.0696 e. The quantitative estimate of drug-likeness (QED) is 0.713. The minimum Gasteiger partial charge on any atom is -0.391 e. The van der Waals surface area contributed by atoms with Gasteiger partial charge >= 0.3 is 0 Å². The summed E-state index contributed by atoms with van der Waals surface area (Å²) >= 11 is 1.89. The molecular weight excluding hydrogens is 254 g/mol. The molecule has 1 aromatic rings. The highest BCUT2D eigenvalue weighted by Gasteiger charge is 2.17. The van der Waals surface area contributed by atoms with Crippen LogP contribution in [0.4, 0.5) is 0 Å². The Balaban J connectivity index is 2.55. The normalized spacial score (nSPS) is 16.1. The van der Waals surface area contributed by atoms with E-state index in [0.717, 1.165) is 12.8 Å². The van der Waals surface area contributed by atoms with Crippen molar-refractivity contribution < 1.29 is 5.11 Å². The second-order valence-electron chi connectivity index (χ2n) is 5.19. The van der Waals surface area contributed by atoms with Gasteiger partial charge in [0, 0.05) is 10.9 Å². The monoisotopic (exact) mass is 281 g/mol. The van der Waals surface area contributed by atoms with Crippen LogP contribution in [0.25, 0.3) is 0 Å². The van der Waals surface area contributed by atoms with Gasteiger partial charge in [0.2, 0.25) is 0 Å². The van der Waals surface area contributed by atoms with Crippen molar-refractivity contribution >= 4 is 11.8 Å². The largest absolute Gasteiger partial charge is 0.391 e. The van der Waals surface area contributed by atoms with Gasteiger partial charge in [-0.05, 0) is 48.6 Å². The molecule has 0 aromatic heterocycles. The van der Waals surface area contributed by atoms with Crippen molar-refractivity contribution in [3.63, 3.8) is 0 Å². The topological polar surface area (TPSA) is 46.2 Å². The van der Waals surface area contributed by atoms with E-state index >= 15 is 0 Å². The third-order valence-electron chi connectivity index (χ3n) is 3.48. The molecule has 3 atom stereocenters. The van der Waals surface area contributed by atoms with Gasteiger partial charge in [-0.25, -0.2) is 0 Å². The third kappa shape index (κ3) is 5.55. The lowest BCUT2D eigenvalue weighted by molar-refractivity contribution is 0.126. The molecule has 2 nitrogen and oxygen atoms in total. The number of benzene rings is 1. The molecule has 0 fully saturated rings. The molecule has 0 aliphatic rings. The van der Waals surface area contributed by atoms with Crippen LogP contribution in [-0.2, 0) is 0 Å². The van der Waals surface area contributed by atoms with Gasteiger partial charge < -0.3 is 10.8 Å². The average molecular weight is 281 g/mol. The maximum atomic E-state index is 9.99. The van der Waals surface area contributed by atoms with Crippen molar-refractivity contribution in [2.45, 2.75) is 63.0 Å². The van der Waals surface area contributed by atoms with E-state index in [0.29, 0.717) is 5.92 Å². The maximum Gasteiger partial charge on any atom is 0.0696 e. The van der Waals surface area contributed by atoms with Crippen molar-refractivity contribution in [1.82, 2.24) is 0 Å². The highest BCUT2D eigenvalue weighted by atomic mass is 32.2. The zero-order chi connectivity index (χ0) is 14.3. The zero-order valence-corrected chi connectivity index (χ0v) is 13.1. The Morgan fingerprint density at radius 2 is 1.84 bits per heavy atom. The Bertz CT molecular complexity index is 352. The number of thioether (sulfide) groups is 1. The molecule has 1 rings (SSSR count). The molecule has 1 aromatic carbocycles. The van der Waals surface area contributed by atoms with Gasteiger partial charge in [-0.3, -0.25) is 0 Å². The molecule has 0 radical (unpaired) electrons. The summed E-state index contributed by atoms with van der Waals surface area (Å²) in [6.45, 7) is 6.36. The van der Waals surface area contributed by atoms with Gasteiger partial charge in [0.15, 0.2) is 0 Å². The first kappa shape index (κ1) is 16.5. The highest BCUT2D eigenvalue weighted by molar-refractivity contribution is 7.99. The summed E-state index contributed by atoms with van der Waals surface area (Å²) in [7, 11) is 0. The molecule has 3 unspecified atom stereocenters. The second-order valence-corrected chi connectivity index (χ2v) is 6.36. The Morgan fingerprint density at radius 3 is 2.37 bits per heavy atom. The Kier molecular flexibility index (Phi) is 7.51. The van der Waals surface area contributed by atoms with Gasteiger partial charge in [-0.1, -0.05) is 32.9 Å². The summed E-state index contributed by atoms with van der Waals surface area (Å²) < 4.78 is 0.